The number of thiophene rings is 1. The number of aliphatic hydroxyl groups excluding tert-OH is 1. The number of halogens is 2. The first-order chi connectivity index (χ1) is 14.9. The molecule has 0 saturated heterocycles. The van der Waals surface area contributed by atoms with Crippen molar-refractivity contribution in [3.63, 3.8) is 0 Å². The summed E-state index contributed by atoms with van der Waals surface area (Å²) in [7, 11) is 0. The highest BCUT2D eigenvalue weighted by Crippen LogP contribution is 2.14. The van der Waals surface area contributed by atoms with E-state index in [-0.39, 0.29) is 18.9 Å². The zero-order valence-electron chi connectivity index (χ0n) is 17.3. The Morgan fingerprint density at radius 3 is 2.48 bits per heavy atom. The van der Waals surface area contributed by atoms with Crippen LogP contribution in [0.3, 0.4) is 0 Å². The molecule has 2 aromatic carbocycles. The van der Waals surface area contributed by atoms with Gasteiger partial charge < -0.3 is 15.7 Å². The maximum Gasteiger partial charge on any atom is 0.252 e. The molecule has 0 saturated carbocycles. The number of carbonyl (C=O) groups is 1. The highest BCUT2D eigenvalue weighted by atomic mass is 32.1. The van der Waals surface area contributed by atoms with Gasteiger partial charge in [-0.3, -0.25) is 4.79 Å². The first kappa shape index (κ1) is 23.1. The predicted molar refractivity (Wildman–Crippen MR) is 119 cm³/mol. The normalized spacial score (nSPS) is 13.0. The third kappa shape index (κ3) is 6.95. The molecule has 3 aromatic rings. The highest BCUT2D eigenvalue weighted by molar-refractivity contribution is 7.08. The van der Waals surface area contributed by atoms with Crippen LogP contribution in [0.15, 0.2) is 59.3 Å². The van der Waals surface area contributed by atoms with E-state index in [2.05, 4.69) is 29.7 Å². The monoisotopic (exact) mass is 444 g/mol. The van der Waals surface area contributed by atoms with E-state index in [1.54, 1.807) is 16.8 Å². The number of rotatable bonds is 10. The molecule has 0 aliphatic carbocycles. The Kier molecular flexibility index (Phi) is 8.28. The first-order valence-corrected chi connectivity index (χ1v) is 11.1. The van der Waals surface area contributed by atoms with E-state index < -0.39 is 23.8 Å². The lowest BCUT2D eigenvalue weighted by Crippen LogP contribution is -2.48. The van der Waals surface area contributed by atoms with Crippen molar-refractivity contribution in [1.82, 2.24) is 10.6 Å². The van der Waals surface area contributed by atoms with E-state index in [4.69, 9.17) is 0 Å². The summed E-state index contributed by atoms with van der Waals surface area (Å²) in [4.78, 5) is 12.5. The standard InChI is InChI=1S/C24H26F2N2O2S/c1-2-16-4-3-5-17(8-16)13-27-14-23(29)22(28-24(30)19-6-7-31-15-19)11-18-9-20(25)12-21(26)10-18/h3-10,12,15,22-23,27,29H,2,11,13-14H2,1H3,(H,28,30)/t22-,23+/m1/s1. The smallest absolute Gasteiger partial charge is 0.252 e. The van der Waals surface area contributed by atoms with Crippen molar-refractivity contribution in [3.05, 3.63) is 93.2 Å². The van der Waals surface area contributed by atoms with Crippen LogP contribution in [0, 0.1) is 11.6 Å². The predicted octanol–water partition coefficient (Wildman–Crippen LogP) is 4.08. The molecular weight excluding hydrogens is 418 g/mol. The van der Waals surface area contributed by atoms with Gasteiger partial charge in [0.15, 0.2) is 0 Å². The molecule has 1 amide bonds. The first-order valence-electron chi connectivity index (χ1n) is 10.2. The molecule has 1 aromatic heterocycles. The summed E-state index contributed by atoms with van der Waals surface area (Å²) < 4.78 is 27.2. The maximum absolute atomic E-state index is 13.6. The second-order valence-electron chi connectivity index (χ2n) is 7.45. The Hall–Kier alpha value is -2.61. The van der Waals surface area contributed by atoms with Gasteiger partial charge in [0.25, 0.3) is 5.91 Å². The Morgan fingerprint density at radius 2 is 1.81 bits per heavy atom. The fourth-order valence-electron chi connectivity index (χ4n) is 3.38. The second-order valence-corrected chi connectivity index (χ2v) is 8.23. The van der Waals surface area contributed by atoms with E-state index in [1.165, 1.54) is 29.0 Å². The van der Waals surface area contributed by atoms with Gasteiger partial charge in [0, 0.05) is 30.1 Å². The van der Waals surface area contributed by atoms with Crippen molar-refractivity contribution >= 4 is 17.2 Å². The van der Waals surface area contributed by atoms with E-state index >= 15 is 0 Å². The minimum Gasteiger partial charge on any atom is -0.390 e. The lowest BCUT2D eigenvalue weighted by atomic mass is 10.00. The van der Waals surface area contributed by atoms with Crippen LogP contribution in [0.5, 0.6) is 0 Å². The molecule has 3 N–H and O–H groups in total. The highest BCUT2D eigenvalue weighted by Gasteiger charge is 2.23. The summed E-state index contributed by atoms with van der Waals surface area (Å²) >= 11 is 1.39. The van der Waals surface area contributed by atoms with Gasteiger partial charge in [-0.05, 0) is 53.1 Å². The van der Waals surface area contributed by atoms with Crippen molar-refractivity contribution < 1.29 is 18.7 Å². The Bertz CT molecular complexity index is 975. The molecule has 0 aliphatic heterocycles. The van der Waals surface area contributed by atoms with Crippen LogP contribution >= 0.6 is 11.3 Å². The number of carbonyl (C=O) groups excluding carboxylic acids is 1. The van der Waals surface area contributed by atoms with E-state index in [0.29, 0.717) is 17.7 Å². The van der Waals surface area contributed by atoms with Gasteiger partial charge in [0.05, 0.1) is 12.1 Å². The van der Waals surface area contributed by atoms with Crippen molar-refractivity contribution in [2.75, 3.05) is 6.54 Å². The van der Waals surface area contributed by atoms with Crippen LogP contribution in [-0.4, -0.2) is 29.7 Å². The molecule has 0 spiro atoms. The molecule has 0 aliphatic rings. The zero-order valence-corrected chi connectivity index (χ0v) is 18.1. The van der Waals surface area contributed by atoms with Crippen LogP contribution in [0.1, 0.15) is 34.0 Å². The van der Waals surface area contributed by atoms with Gasteiger partial charge in [-0.1, -0.05) is 31.2 Å². The molecule has 31 heavy (non-hydrogen) atoms. The minimum absolute atomic E-state index is 0.0960. The molecule has 3 rings (SSSR count). The fourth-order valence-corrected chi connectivity index (χ4v) is 4.01. The molecule has 1 heterocycles. The second kappa shape index (κ2) is 11.1. The SMILES string of the molecule is CCc1cccc(CNC[C@H](O)[C@@H](Cc2cc(F)cc(F)c2)NC(=O)c2ccsc2)c1. The van der Waals surface area contributed by atoms with Gasteiger partial charge >= 0.3 is 0 Å². The molecular formula is C24H26F2N2O2S. The van der Waals surface area contributed by atoms with Crippen molar-refractivity contribution in [1.29, 1.82) is 0 Å². The summed E-state index contributed by atoms with van der Waals surface area (Å²) in [5.41, 5.74) is 3.17. The van der Waals surface area contributed by atoms with Gasteiger partial charge in [-0.2, -0.15) is 11.3 Å². The van der Waals surface area contributed by atoms with E-state index in [9.17, 15) is 18.7 Å². The van der Waals surface area contributed by atoms with Gasteiger partial charge in [0.1, 0.15) is 11.6 Å². The number of benzene rings is 2. The topological polar surface area (TPSA) is 61.4 Å². The molecule has 4 nitrogen and oxygen atoms in total. The average molecular weight is 445 g/mol. The third-order valence-electron chi connectivity index (χ3n) is 5.02. The molecule has 0 fully saturated rings. The van der Waals surface area contributed by atoms with Crippen LogP contribution in [-0.2, 0) is 19.4 Å². The van der Waals surface area contributed by atoms with Crippen molar-refractivity contribution in [2.24, 2.45) is 0 Å². The van der Waals surface area contributed by atoms with Gasteiger partial charge in [0.2, 0.25) is 0 Å². The number of nitrogens with one attached hydrogen (secondary N) is 2. The van der Waals surface area contributed by atoms with Gasteiger partial charge in [-0.25, -0.2) is 8.78 Å². The van der Waals surface area contributed by atoms with Crippen LogP contribution in [0.4, 0.5) is 8.78 Å². The molecule has 0 bridgehead atoms. The van der Waals surface area contributed by atoms with Crippen LogP contribution < -0.4 is 10.6 Å². The molecule has 2 atom stereocenters. The van der Waals surface area contributed by atoms with Gasteiger partial charge in [-0.15, -0.1) is 0 Å². The number of amides is 1. The maximum atomic E-state index is 13.6. The molecule has 164 valence electrons. The molecule has 0 radical (unpaired) electrons. The van der Waals surface area contributed by atoms with E-state index in [0.717, 1.165) is 18.1 Å². The van der Waals surface area contributed by atoms with Crippen molar-refractivity contribution in [2.45, 2.75) is 38.5 Å². The number of aryl methyl sites for hydroxylation is 1. The van der Waals surface area contributed by atoms with E-state index in [1.807, 2.05) is 12.1 Å². The Labute approximate surface area is 184 Å². The summed E-state index contributed by atoms with van der Waals surface area (Å²) in [6, 6.07) is 12.3. The quantitative estimate of drug-likeness (QED) is 0.442. The third-order valence-corrected chi connectivity index (χ3v) is 5.71. The average Bonchev–Trinajstić information content (AvgIpc) is 3.28. The number of aliphatic hydroxyl groups is 1. The lowest BCUT2D eigenvalue weighted by molar-refractivity contribution is 0.0830. The minimum atomic E-state index is -0.955. The molecule has 7 heteroatoms. The Balaban J connectivity index is 1.67. The fraction of sp³-hybridized carbons (Fsp3) is 0.292. The summed E-state index contributed by atoms with van der Waals surface area (Å²) in [5, 5.41) is 20.3. The Morgan fingerprint density at radius 1 is 1.06 bits per heavy atom. The summed E-state index contributed by atoms with van der Waals surface area (Å²) in [6.07, 6.45) is 0.0825. The van der Waals surface area contributed by atoms with Crippen LogP contribution in [0.25, 0.3) is 0 Å². The summed E-state index contributed by atoms with van der Waals surface area (Å²) in [6.45, 7) is 2.86. The molecule has 0 unspecified atom stereocenters. The zero-order chi connectivity index (χ0) is 22.2. The van der Waals surface area contributed by atoms with Crippen LogP contribution in [0.2, 0.25) is 0 Å². The van der Waals surface area contributed by atoms with Crippen molar-refractivity contribution in [3.8, 4) is 0 Å². The lowest BCUT2D eigenvalue weighted by Gasteiger charge is -2.25. The number of hydrogen-bond donors (Lipinski definition) is 3. The summed E-state index contributed by atoms with van der Waals surface area (Å²) in [5.74, 6) is -1.72. The largest absolute Gasteiger partial charge is 0.390 e. The number of hydrogen-bond acceptors (Lipinski definition) is 4.